The monoisotopic (exact) mass is 296 g/mol. The molecular formula is C19H20O3. The molecule has 3 heteroatoms. The first-order valence-electron chi connectivity index (χ1n) is 7.22. The smallest absolute Gasteiger partial charge is 0.334 e. The van der Waals surface area contributed by atoms with Gasteiger partial charge in [0.15, 0.2) is 0 Å². The molecule has 0 aliphatic rings. The molecule has 0 spiro atoms. The van der Waals surface area contributed by atoms with Crippen molar-refractivity contribution in [2.45, 2.75) is 12.8 Å². The number of hydrogen-bond acceptors (Lipinski definition) is 3. The van der Waals surface area contributed by atoms with Crippen LogP contribution in [0.4, 0.5) is 0 Å². The van der Waals surface area contributed by atoms with Crippen LogP contribution in [0.3, 0.4) is 0 Å². The second-order valence-electron chi connectivity index (χ2n) is 4.86. The Labute approximate surface area is 131 Å². The van der Waals surface area contributed by atoms with Crippen molar-refractivity contribution in [1.29, 1.82) is 0 Å². The van der Waals surface area contributed by atoms with E-state index < -0.39 is 0 Å². The fraction of sp³-hybridized carbons (Fsp3) is 0.211. The van der Waals surface area contributed by atoms with Crippen LogP contribution in [0.15, 0.2) is 66.7 Å². The standard InChI is InChI=1S/C19H20O3/c1-4-22-19(20)14(2)18(15-8-6-5-7-9-15)16-10-12-17(21-3)13-11-16/h5-13,18H,2,4H2,1,3H3/t18-/m0/s1. The summed E-state index contributed by atoms with van der Waals surface area (Å²) in [7, 11) is 1.63. The van der Waals surface area contributed by atoms with E-state index in [2.05, 4.69) is 6.58 Å². The molecule has 0 aliphatic carbocycles. The Morgan fingerprint density at radius 3 is 2.18 bits per heavy atom. The SMILES string of the molecule is C=C(C(=O)OCC)[C@@H](c1ccccc1)c1ccc(OC)cc1. The molecule has 0 fully saturated rings. The van der Waals surface area contributed by atoms with Crippen molar-refractivity contribution in [3.63, 3.8) is 0 Å². The van der Waals surface area contributed by atoms with E-state index in [0.717, 1.165) is 16.9 Å². The number of ether oxygens (including phenoxy) is 2. The molecule has 2 aromatic rings. The molecule has 2 aromatic carbocycles. The molecule has 0 radical (unpaired) electrons. The highest BCUT2D eigenvalue weighted by Crippen LogP contribution is 2.32. The van der Waals surface area contributed by atoms with Crippen molar-refractivity contribution in [1.82, 2.24) is 0 Å². The van der Waals surface area contributed by atoms with Gasteiger partial charge in [-0.3, -0.25) is 0 Å². The van der Waals surface area contributed by atoms with Gasteiger partial charge in [-0.25, -0.2) is 4.79 Å². The third kappa shape index (κ3) is 3.55. The van der Waals surface area contributed by atoms with Gasteiger partial charge in [0.25, 0.3) is 0 Å². The largest absolute Gasteiger partial charge is 0.497 e. The Hall–Kier alpha value is -2.55. The van der Waals surface area contributed by atoms with Gasteiger partial charge in [-0.1, -0.05) is 49.0 Å². The number of benzene rings is 2. The third-order valence-electron chi connectivity index (χ3n) is 3.47. The highest BCUT2D eigenvalue weighted by Gasteiger charge is 2.23. The molecule has 3 nitrogen and oxygen atoms in total. The van der Waals surface area contributed by atoms with Gasteiger partial charge in [0, 0.05) is 11.5 Å². The first kappa shape index (κ1) is 15.8. The Morgan fingerprint density at radius 1 is 1.05 bits per heavy atom. The van der Waals surface area contributed by atoms with E-state index in [1.54, 1.807) is 14.0 Å². The predicted molar refractivity (Wildman–Crippen MR) is 87.1 cm³/mol. The lowest BCUT2D eigenvalue weighted by Crippen LogP contribution is -2.15. The van der Waals surface area contributed by atoms with Crippen LogP contribution in [0, 0.1) is 0 Å². The summed E-state index contributed by atoms with van der Waals surface area (Å²) < 4.78 is 10.3. The van der Waals surface area contributed by atoms with Crippen LogP contribution in [-0.4, -0.2) is 19.7 Å². The fourth-order valence-electron chi connectivity index (χ4n) is 2.38. The predicted octanol–water partition coefficient (Wildman–Crippen LogP) is 3.95. The van der Waals surface area contributed by atoms with E-state index >= 15 is 0 Å². The van der Waals surface area contributed by atoms with Gasteiger partial charge in [-0.15, -0.1) is 0 Å². The highest BCUT2D eigenvalue weighted by molar-refractivity contribution is 5.90. The van der Waals surface area contributed by atoms with Crippen LogP contribution in [0.1, 0.15) is 24.0 Å². The van der Waals surface area contributed by atoms with Crippen LogP contribution in [0.2, 0.25) is 0 Å². The molecule has 0 saturated carbocycles. The Kier molecular flexibility index (Phi) is 5.37. The van der Waals surface area contributed by atoms with E-state index in [0.29, 0.717) is 12.2 Å². The zero-order valence-corrected chi connectivity index (χ0v) is 12.9. The molecule has 1 atom stereocenters. The molecule has 0 aromatic heterocycles. The molecule has 0 aliphatic heterocycles. The van der Waals surface area contributed by atoms with E-state index in [4.69, 9.17) is 9.47 Å². The fourth-order valence-corrected chi connectivity index (χ4v) is 2.38. The number of carbonyl (C=O) groups excluding carboxylic acids is 1. The van der Waals surface area contributed by atoms with Crippen LogP contribution in [0.25, 0.3) is 0 Å². The molecule has 0 saturated heterocycles. The minimum Gasteiger partial charge on any atom is -0.497 e. The van der Waals surface area contributed by atoms with Gasteiger partial charge in [0.05, 0.1) is 13.7 Å². The summed E-state index contributed by atoms with van der Waals surface area (Å²) in [6.45, 7) is 6.09. The van der Waals surface area contributed by atoms with Crippen LogP contribution in [-0.2, 0) is 9.53 Å². The maximum Gasteiger partial charge on any atom is 0.334 e. The van der Waals surface area contributed by atoms with Crippen molar-refractivity contribution in [2.24, 2.45) is 0 Å². The van der Waals surface area contributed by atoms with Gasteiger partial charge < -0.3 is 9.47 Å². The number of carbonyl (C=O) groups is 1. The minimum absolute atomic E-state index is 0.230. The summed E-state index contributed by atoms with van der Waals surface area (Å²) in [6.07, 6.45) is 0. The van der Waals surface area contributed by atoms with Gasteiger partial charge in [-0.05, 0) is 30.2 Å². The first-order valence-corrected chi connectivity index (χ1v) is 7.22. The molecule has 0 N–H and O–H groups in total. The Balaban J connectivity index is 2.41. The summed E-state index contributed by atoms with van der Waals surface area (Å²) in [5.41, 5.74) is 2.41. The maximum atomic E-state index is 12.1. The zero-order valence-electron chi connectivity index (χ0n) is 12.9. The molecule has 0 heterocycles. The lowest BCUT2D eigenvalue weighted by Gasteiger charge is -2.20. The zero-order chi connectivity index (χ0) is 15.9. The summed E-state index contributed by atoms with van der Waals surface area (Å²) in [6, 6.07) is 17.5. The van der Waals surface area contributed by atoms with E-state index in [1.807, 2.05) is 54.6 Å². The average molecular weight is 296 g/mol. The molecule has 22 heavy (non-hydrogen) atoms. The van der Waals surface area contributed by atoms with Crippen molar-refractivity contribution < 1.29 is 14.3 Å². The molecule has 114 valence electrons. The van der Waals surface area contributed by atoms with Crippen molar-refractivity contribution in [3.05, 3.63) is 77.9 Å². The highest BCUT2D eigenvalue weighted by atomic mass is 16.5. The van der Waals surface area contributed by atoms with Crippen molar-refractivity contribution in [3.8, 4) is 5.75 Å². The van der Waals surface area contributed by atoms with Crippen LogP contribution >= 0.6 is 0 Å². The van der Waals surface area contributed by atoms with E-state index in [1.165, 1.54) is 0 Å². The minimum atomic E-state index is -0.368. The van der Waals surface area contributed by atoms with Crippen molar-refractivity contribution in [2.75, 3.05) is 13.7 Å². The quantitative estimate of drug-likeness (QED) is 0.598. The molecule has 2 rings (SSSR count). The number of hydrogen-bond donors (Lipinski definition) is 0. The number of rotatable bonds is 6. The third-order valence-corrected chi connectivity index (χ3v) is 3.47. The lowest BCUT2D eigenvalue weighted by atomic mass is 9.85. The summed E-state index contributed by atoms with van der Waals surface area (Å²) in [4.78, 5) is 12.1. The molecule has 0 amide bonds. The topological polar surface area (TPSA) is 35.5 Å². The van der Waals surface area contributed by atoms with Gasteiger partial charge in [-0.2, -0.15) is 0 Å². The molecular weight excluding hydrogens is 276 g/mol. The normalized spacial score (nSPS) is 11.5. The summed E-state index contributed by atoms with van der Waals surface area (Å²) >= 11 is 0. The number of esters is 1. The maximum absolute atomic E-state index is 12.1. The van der Waals surface area contributed by atoms with Crippen LogP contribution in [0.5, 0.6) is 5.75 Å². The second-order valence-corrected chi connectivity index (χ2v) is 4.86. The lowest BCUT2D eigenvalue weighted by molar-refractivity contribution is -0.138. The van der Waals surface area contributed by atoms with Gasteiger partial charge >= 0.3 is 5.97 Å². The first-order chi connectivity index (χ1) is 10.7. The number of methoxy groups -OCH3 is 1. The van der Waals surface area contributed by atoms with Crippen LogP contribution < -0.4 is 4.74 Å². The second kappa shape index (κ2) is 7.46. The summed E-state index contributed by atoms with van der Waals surface area (Å²) in [5.74, 6) is 0.177. The summed E-state index contributed by atoms with van der Waals surface area (Å²) in [5, 5.41) is 0. The van der Waals surface area contributed by atoms with Crippen molar-refractivity contribution >= 4 is 5.97 Å². The van der Waals surface area contributed by atoms with Gasteiger partial charge in [0.2, 0.25) is 0 Å². The molecule has 0 unspecified atom stereocenters. The van der Waals surface area contributed by atoms with Gasteiger partial charge in [0.1, 0.15) is 5.75 Å². The Bertz CT molecular complexity index is 629. The van der Waals surface area contributed by atoms with E-state index in [-0.39, 0.29) is 11.9 Å². The Morgan fingerprint density at radius 2 is 1.64 bits per heavy atom. The average Bonchev–Trinajstić information content (AvgIpc) is 2.57. The van der Waals surface area contributed by atoms with E-state index in [9.17, 15) is 4.79 Å². The molecule has 0 bridgehead atoms.